The zero-order valence-electron chi connectivity index (χ0n) is 18.2. The van der Waals surface area contributed by atoms with Crippen LogP contribution in [0.1, 0.15) is 77.4 Å². The van der Waals surface area contributed by atoms with Crippen molar-refractivity contribution in [3.8, 4) is 0 Å². The summed E-state index contributed by atoms with van der Waals surface area (Å²) in [6, 6.07) is 3.46. The molecule has 0 radical (unpaired) electrons. The molecular weight excluding hydrogens is 384 g/mol. The maximum Gasteiger partial charge on any atom is 0.408 e. The summed E-state index contributed by atoms with van der Waals surface area (Å²) in [6.07, 6.45) is 7.65. The molecule has 1 aromatic heterocycles. The van der Waals surface area contributed by atoms with E-state index in [-0.39, 0.29) is 24.0 Å². The Balaban J connectivity index is 1.64. The Morgan fingerprint density at radius 2 is 2.17 bits per heavy atom. The van der Waals surface area contributed by atoms with E-state index in [0.717, 1.165) is 31.2 Å². The number of cyclic esters (lactones) is 1. The normalized spacial score (nSPS) is 26.5. The average Bonchev–Trinajstić information content (AvgIpc) is 3.13. The molecule has 2 fully saturated rings. The lowest BCUT2D eigenvalue weighted by molar-refractivity contribution is -0.142. The van der Waals surface area contributed by atoms with E-state index in [4.69, 9.17) is 9.47 Å². The van der Waals surface area contributed by atoms with Gasteiger partial charge in [0, 0.05) is 18.8 Å². The van der Waals surface area contributed by atoms with Crippen LogP contribution in [-0.4, -0.2) is 39.9 Å². The fraction of sp³-hybridized carbons (Fsp3) is 0.696. The van der Waals surface area contributed by atoms with Gasteiger partial charge in [-0.05, 0) is 69.9 Å². The fourth-order valence-electron chi connectivity index (χ4n) is 4.61. The Morgan fingerprint density at radius 1 is 1.37 bits per heavy atom. The number of esters is 1. The molecule has 2 heterocycles. The minimum absolute atomic E-state index is 0.154. The van der Waals surface area contributed by atoms with Crippen molar-refractivity contribution < 1.29 is 24.2 Å². The van der Waals surface area contributed by atoms with Crippen molar-refractivity contribution in [1.29, 1.82) is 0 Å². The van der Waals surface area contributed by atoms with Gasteiger partial charge in [0.2, 0.25) is 0 Å². The number of aliphatic hydroxyl groups excluding tert-OH is 1. The second-order valence-electron chi connectivity index (χ2n) is 9.58. The Kier molecular flexibility index (Phi) is 7.34. The highest BCUT2D eigenvalue weighted by Gasteiger charge is 2.37. The number of amides is 1. The lowest BCUT2D eigenvalue weighted by Gasteiger charge is -2.35. The first-order valence-corrected chi connectivity index (χ1v) is 11.0. The lowest BCUT2D eigenvalue weighted by atomic mass is 9.74. The fourth-order valence-corrected chi connectivity index (χ4v) is 4.61. The molecule has 0 aromatic carbocycles. The van der Waals surface area contributed by atoms with Crippen LogP contribution in [0.25, 0.3) is 0 Å². The molecule has 0 bridgehead atoms. The van der Waals surface area contributed by atoms with Crippen molar-refractivity contribution in [3.63, 3.8) is 0 Å². The third-order valence-electron chi connectivity index (χ3n) is 5.95. The highest BCUT2D eigenvalue weighted by Crippen LogP contribution is 2.39. The van der Waals surface area contributed by atoms with Crippen LogP contribution in [0.15, 0.2) is 24.5 Å². The minimum Gasteiger partial charge on any atom is -0.460 e. The number of pyridine rings is 1. The monoisotopic (exact) mass is 418 g/mol. The van der Waals surface area contributed by atoms with Crippen molar-refractivity contribution in [2.24, 2.45) is 11.8 Å². The molecule has 2 N–H and O–H groups in total. The highest BCUT2D eigenvalue weighted by molar-refractivity contribution is 5.72. The van der Waals surface area contributed by atoms with Crippen LogP contribution in [0.5, 0.6) is 0 Å². The minimum atomic E-state index is -0.593. The summed E-state index contributed by atoms with van der Waals surface area (Å²) in [4.78, 5) is 28.2. The molecule has 7 nitrogen and oxygen atoms in total. The van der Waals surface area contributed by atoms with Gasteiger partial charge in [0.05, 0.1) is 12.1 Å². The van der Waals surface area contributed by atoms with Crippen LogP contribution in [0, 0.1) is 11.8 Å². The van der Waals surface area contributed by atoms with Crippen molar-refractivity contribution in [1.82, 2.24) is 10.3 Å². The first-order valence-electron chi connectivity index (χ1n) is 11.0. The number of carbonyl (C=O) groups is 2. The Labute approximate surface area is 178 Å². The van der Waals surface area contributed by atoms with Crippen LogP contribution in [0.3, 0.4) is 0 Å². The molecule has 5 atom stereocenters. The predicted molar refractivity (Wildman–Crippen MR) is 112 cm³/mol. The summed E-state index contributed by atoms with van der Waals surface area (Å²) >= 11 is 0. The van der Waals surface area contributed by atoms with Gasteiger partial charge >= 0.3 is 12.1 Å². The zero-order chi connectivity index (χ0) is 21.7. The van der Waals surface area contributed by atoms with E-state index in [0.29, 0.717) is 25.2 Å². The van der Waals surface area contributed by atoms with Gasteiger partial charge in [-0.25, -0.2) is 4.79 Å². The van der Waals surface area contributed by atoms with E-state index in [9.17, 15) is 14.7 Å². The van der Waals surface area contributed by atoms with E-state index in [1.54, 1.807) is 12.4 Å². The number of rotatable bonds is 6. The first kappa shape index (κ1) is 22.5. The number of nitrogens with zero attached hydrogens (tertiary/aromatic N) is 1. The van der Waals surface area contributed by atoms with Gasteiger partial charge < -0.3 is 19.9 Å². The molecule has 2 aliphatic rings. The van der Waals surface area contributed by atoms with Gasteiger partial charge in [-0.3, -0.25) is 9.78 Å². The predicted octanol–water partition coefficient (Wildman–Crippen LogP) is 3.91. The summed E-state index contributed by atoms with van der Waals surface area (Å²) in [7, 11) is 0. The standard InChI is InChI=1S/C23H34N2O5/c1-23(2,3)30-22(28)25-18(19-9-10-20(26)29-19)13-15-6-4-7-16(12-15)21(27)17-8-5-11-24-14-17/h5,8,11,14-16,18-19,21,27H,4,6-7,9-10,12-13H2,1-3H3,(H,25,28)/t15?,16?,18-,19-,21?/m0/s1. The van der Waals surface area contributed by atoms with Gasteiger partial charge in [-0.1, -0.05) is 18.9 Å². The number of hydrogen-bond acceptors (Lipinski definition) is 6. The van der Waals surface area contributed by atoms with Gasteiger partial charge in [0.25, 0.3) is 0 Å². The van der Waals surface area contributed by atoms with E-state index >= 15 is 0 Å². The van der Waals surface area contributed by atoms with Crippen LogP contribution in [-0.2, 0) is 14.3 Å². The van der Waals surface area contributed by atoms with Gasteiger partial charge in [-0.2, -0.15) is 0 Å². The zero-order valence-corrected chi connectivity index (χ0v) is 18.2. The second kappa shape index (κ2) is 9.77. The number of hydrogen-bond donors (Lipinski definition) is 2. The smallest absolute Gasteiger partial charge is 0.408 e. The van der Waals surface area contributed by atoms with Crippen molar-refractivity contribution >= 4 is 12.1 Å². The topological polar surface area (TPSA) is 97.8 Å². The quantitative estimate of drug-likeness (QED) is 0.680. The van der Waals surface area contributed by atoms with E-state index in [2.05, 4.69) is 10.3 Å². The third kappa shape index (κ3) is 6.42. The number of aromatic nitrogens is 1. The molecule has 7 heteroatoms. The summed E-state index contributed by atoms with van der Waals surface area (Å²) in [5, 5.41) is 13.8. The van der Waals surface area contributed by atoms with Crippen molar-refractivity contribution in [2.45, 2.75) is 89.6 Å². The van der Waals surface area contributed by atoms with Gasteiger partial charge in [0.1, 0.15) is 11.7 Å². The lowest BCUT2D eigenvalue weighted by Crippen LogP contribution is -2.46. The number of aliphatic hydroxyl groups is 1. The van der Waals surface area contributed by atoms with E-state index < -0.39 is 17.8 Å². The van der Waals surface area contributed by atoms with Crippen molar-refractivity contribution in [3.05, 3.63) is 30.1 Å². The number of alkyl carbamates (subject to hydrolysis) is 1. The maximum atomic E-state index is 12.4. The van der Waals surface area contributed by atoms with E-state index in [1.807, 2.05) is 32.9 Å². The maximum absolute atomic E-state index is 12.4. The molecule has 1 aliphatic carbocycles. The van der Waals surface area contributed by atoms with Crippen molar-refractivity contribution in [2.75, 3.05) is 0 Å². The molecule has 30 heavy (non-hydrogen) atoms. The molecular formula is C23H34N2O5. The average molecular weight is 419 g/mol. The first-order chi connectivity index (χ1) is 14.2. The van der Waals surface area contributed by atoms with Gasteiger partial charge in [-0.15, -0.1) is 0 Å². The Bertz CT molecular complexity index is 718. The van der Waals surface area contributed by atoms with Crippen LogP contribution in [0.2, 0.25) is 0 Å². The Hall–Kier alpha value is -2.15. The molecule has 3 rings (SSSR count). The molecule has 1 aromatic rings. The Morgan fingerprint density at radius 3 is 2.80 bits per heavy atom. The van der Waals surface area contributed by atoms with Crippen LogP contribution < -0.4 is 5.32 Å². The molecule has 1 saturated heterocycles. The molecule has 3 unspecified atom stereocenters. The van der Waals surface area contributed by atoms with Crippen LogP contribution in [0.4, 0.5) is 4.79 Å². The molecule has 1 amide bonds. The SMILES string of the molecule is CC(C)(C)OC(=O)N[C@@H](CC1CCCC(C(O)c2cccnc2)C1)[C@@H]1CCC(=O)O1. The second-order valence-corrected chi connectivity index (χ2v) is 9.58. The highest BCUT2D eigenvalue weighted by atomic mass is 16.6. The number of nitrogens with one attached hydrogen (secondary N) is 1. The summed E-state index contributed by atoms with van der Waals surface area (Å²) < 4.78 is 10.9. The van der Waals surface area contributed by atoms with E-state index in [1.165, 1.54) is 0 Å². The molecule has 1 aliphatic heterocycles. The molecule has 1 saturated carbocycles. The van der Waals surface area contributed by atoms with Gasteiger partial charge in [0.15, 0.2) is 0 Å². The third-order valence-corrected chi connectivity index (χ3v) is 5.95. The molecule has 166 valence electrons. The van der Waals surface area contributed by atoms with Crippen LogP contribution >= 0.6 is 0 Å². The number of ether oxygens (including phenoxy) is 2. The molecule has 0 spiro atoms. The largest absolute Gasteiger partial charge is 0.460 e. The summed E-state index contributed by atoms with van der Waals surface area (Å²) in [5.41, 5.74) is 0.251. The number of carbonyl (C=O) groups excluding carboxylic acids is 2. The summed E-state index contributed by atoms with van der Waals surface area (Å²) in [6.45, 7) is 5.47. The summed E-state index contributed by atoms with van der Waals surface area (Å²) in [5.74, 6) is 0.264.